The van der Waals surface area contributed by atoms with Crippen molar-refractivity contribution in [3.8, 4) is 0 Å². The fraction of sp³-hybridized carbons (Fsp3) is 0.545. The molecule has 0 spiro atoms. The normalized spacial score (nSPS) is 14.9. The van der Waals surface area contributed by atoms with Crippen LogP contribution in [0.5, 0.6) is 0 Å². The van der Waals surface area contributed by atoms with Crippen LogP contribution in [0.3, 0.4) is 0 Å². The number of nitrogens with one attached hydrogen (secondary N) is 2. The molecule has 1 aliphatic carbocycles. The van der Waals surface area contributed by atoms with Gasteiger partial charge in [0.1, 0.15) is 0 Å². The molecule has 2 rings (SSSR count). The molecule has 1 aromatic heterocycles. The van der Waals surface area contributed by atoms with Crippen LogP contribution in [0.2, 0.25) is 0 Å². The fourth-order valence-electron chi connectivity index (χ4n) is 1.28. The van der Waals surface area contributed by atoms with Gasteiger partial charge >= 0.3 is 0 Å². The summed E-state index contributed by atoms with van der Waals surface area (Å²) in [7, 11) is 0. The van der Waals surface area contributed by atoms with Crippen LogP contribution in [0.1, 0.15) is 37.0 Å². The first-order valence-corrected chi connectivity index (χ1v) is 5.54. The molecule has 1 aliphatic rings. The molecule has 1 aromatic rings. The lowest BCUT2D eigenvalue weighted by atomic mass is 10.3. The van der Waals surface area contributed by atoms with Gasteiger partial charge < -0.3 is 10.6 Å². The molecule has 16 heavy (non-hydrogen) atoms. The Morgan fingerprint density at radius 2 is 2.00 bits per heavy atom. The van der Waals surface area contributed by atoms with Crippen molar-refractivity contribution in [1.82, 2.24) is 15.3 Å². The lowest BCUT2D eigenvalue weighted by Crippen LogP contribution is -2.30. The van der Waals surface area contributed by atoms with Gasteiger partial charge in [0.15, 0.2) is 0 Å². The van der Waals surface area contributed by atoms with Gasteiger partial charge in [-0.1, -0.05) is 0 Å². The fourth-order valence-corrected chi connectivity index (χ4v) is 1.28. The highest BCUT2D eigenvalue weighted by Crippen LogP contribution is 2.22. The van der Waals surface area contributed by atoms with Crippen LogP contribution >= 0.6 is 0 Å². The van der Waals surface area contributed by atoms with Gasteiger partial charge in [-0.15, -0.1) is 0 Å². The zero-order valence-corrected chi connectivity index (χ0v) is 9.53. The minimum absolute atomic E-state index is 0.122. The predicted octanol–water partition coefficient (Wildman–Crippen LogP) is 1.19. The summed E-state index contributed by atoms with van der Waals surface area (Å²) in [6, 6.07) is 0.645. The molecule has 0 bridgehead atoms. The quantitative estimate of drug-likeness (QED) is 0.799. The van der Waals surface area contributed by atoms with Crippen molar-refractivity contribution in [3.63, 3.8) is 0 Å². The Bertz CT molecular complexity index is 370. The van der Waals surface area contributed by atoms with Crippen LogP contribution in [0.25, 0.3) is 0 Å². The average Bonchev–Trinajstić information content (AvgIpc) is 3.01. The molecule has 0 aromatic carbocycles. The van der Waals surface area contributed by atoms with Crippen LogP contribution in [0.4, 0.5) is 5.95 Å². The number of amides is 1. The van der Waals surface area contributed by atoms with Crippen molar-refractivity contribution in [2.75, 3.05) is 5.32 Å². The number of hydrogen-bond donors (Lipinski definition) is 2. The van der Waals surface area contributed by atoms with Crippen molar-refractivity contribution < 1.29 is 4.79 Å². The molecule has 0 atom stereocenters. The predicted molar refractivity (Wildman–Crippen MR) is 61.3 cm³/mol. The molecule has 5 nitrogen and oxygen atoms in total. The van der Waals surface area contributed by atoms with Crippen molar-refractivity contribution in [1.29, 1.82) is 0 Å². The summed E-state index contributed by atoms with van der Waals surface area (Å²) in [5, 5.41) is 5.96. The van der Waals surface area contributed by atoms with E-state index in [0.29, 0.717) is 17.6 Å². The van der Waals surface area contributed by atoms with E-state index < -0.39 is 0 Å². The van der Waals surface area contributed by atoms with Gasteiger partial charge in [0, 0.05) is 24.5 Å². The lowest BCUT2D eigenvalue weighted by molar-refractivity contribution is 0.0942. The third-order valence-electron chi connectivity index (χ3n) is 2.24. The molecule has 1 saturated carbocycles. The first-order valence-electron chi connectivity index (χ1n) is 5.54. The highest BCUT2D eigenvalue weighted by molar-refractivity contribution is 5.93. The molecule has 0 saturated heterocycles. The number of anilines is 1. The molecule has 0 radical (unpaired) electrons. The van der Waals surface area contributed by atoms with Gasteiger partial charge in [-0.05, 0) is 26.7 Å². The van der Waals surface area contributed by atoms with E-state index in [4.69, 9.17) is 0 Å². The second-order valence-electron chi connectivity index (χ2n) is 4.34. The van der Waals surface area contributed by atoms with Crippen LogP contribution in [-0.4, -0.2) is 28.0 Å². The van der Waals surface area contributed by atoms with E-state index in [2.05, 4.69) is 20.6 Å². The third-order valence-corrected chi connectivity index (χ3v) is 2.24. The second-order valence-corrected chi connectivity index (χ2v) is 4.34. The summed E-state index contributed by atoms with van der Waals surface area (Å²) in [5.41, 5.74) is 0.495. The van der Waals surface area contributed by atoms with Crippen molar-refractivity contribution in [2.45, 2.75) is 38.8 Å². The van der Waals surface area contributed by atoms with Crippen molar-refractivity contribution >= 4 is 11.9 Å². The molecule has 2 N–H and O–H groups in total. The van der Waals surface area contributed by atoms with E-state index in [1.165, 1.54) is 12.8 Å². The van der Waals surface area contributed by atoms with Crippen LogP contribution in [-0.2, 0) is 0 Å². The number of hydrogen-bond acceptors (Lipinski definition) is 4. The maximum absolute atomic E-state index is 11.6. The van der Waals surface area contributed by atoms with Gasteiger partial charge in [-0.25, -0.2) is 9.97 Å². The number of rotatable bonds is 4. The first kappa shape index (κ1) is 10.9. The number of aromatic nitrogens is 2. The Labute approximate surface area is 94.7 Å². The molecule has 5 heteroatoms. The minimum atomic E-state index is -0.132. The Balaban J connectivity index is 1.97. The van der Waals surface area contributed by atoms with Gasteiger partial charge in [-0.2, -0.15) is 0 Å². The van der Waals surface area contributed by atoms with E-state index in [1.807, 2.05) is 13.8 Å². The van der Waals surface area contributed by atoms with Crippen molar-refractivity contribution in [3.05, 3.63) is 18.0 Å². The summed E-state index contributed by atoms with van der Waals surface area (Å²) in [6.07, 6.45) is 5.46. The zero-order valence-electron chi connectivity index (χ0n) is 9.53. The summed E-state index contributed by atoms with van der Waals surface area (Å²) >= 11 is 0. The van der Waals surface area contributed by atoms with E-state index in [0.717, 1.165) is 0 Å². The number of nitrogens with zero attached hydrogens (tertiary/aromatic N) is 2. The van der Waals surface area contributed by atoms with Crippen LogP contribution in [0, 0.1) is 0 Å². The SMILES string of the molecule is CC(C)NC(=O)c1cnc(NC2CC2)nc1. The highest BCUT2D eigenvalue weighted by Gasteiger charge is 2.21. The highest BCUT2D eigenvalue weighted by atomic mass is 16.1. The van der Waals surface area contributed by atoms with Gasteiger partial charge in [0.05, 0.1) is 5.56 Å². The molecule has 0 unspecified atom stereocenters. The Kier molecular flexibility index (Phi) is 3.03. The number of carbonyl (C=O) groups excluding carboxylic acids is 1. The smallest absolute Gasteiger partial charge is 0.254 e. The van der Waals surface area contributed by atoms with Crippen LogP contribution < -0.4 is 10.6 Å². The Morgan fingerprint density at radius 3 is 2.50 bits per heavy atom. The van der Waals surface area contributed by atoms with Gasteiger partial charge in [0.2, 0.25) is 5.95 Å². The molecule has 1 fully saturated rings. The lowest BCUT2D eigenvalue weighted by Gasteiger charge is -2.08. The zero-order chi connectivity index (χ0) is 11.5. The molecule has 1 amide bonds. The molecule has 86 valence electrons. The number of carbonyl (C=O) groups is 1. The monoisotopic (exact) mass is 220 g/mol. The minimum Gasteiger partial charge on any atom is -0.351 e. The maximum Gasteiger partial charge on any atom is 0.254 e. The Hall–Kier alpha value is -1.65. The molecular formula is C11H16N4O. The molecule has 0 aliphatic heterocycles. The van der Waals surface area contributed by atoms with Crippen molar-refractivity contribution in [2.24, 2.45) is 0 Å². The van der Waals surface area contributed by atoms with E-state index in [1.54, 1.807) is 12.4 Å². The standard InChI is InChI=1S/C11H16N4O/c1-7(2)14-10(16)8-5-12-11(13-6-8)15-9-3-4-9/h5-7,9H,3-4H2,1-2H3,(H,14,16)(H,12,13,15). The van der Waals surface area contributed by atoms with E-state index in [9.17, 15) is 4.79 Å². The van der Waals surface area contributed by atoms with Gasteiger partial charge in [0.25, 0.3) is 5.91 Å². The molecular weight excluding hydrogens is 204 g/mol. The van der Waals surface area contributed by atoms with Crippen LogP contribution in [0.15, 0.2) is 12.4 Å². The largest absolute Gasteiger partial charge is 0.351 e. The average molecular weight is 220 g/mol. The summed E-state index contributed by atoms with van der Waals surface area (Å²) < 4.78 is 0. The topological polar surface area (TPSA) is 66.9 Å². The molecule has 1 heterocycles. The third kappa shape index (κ3) is 2.92. The summed E-state index contributed by atoms with van der Waals surface area (Å²) in [4.78, 5) is 19.8. The summed E-state index contributed by atoms with van der Waals surface area (Å²) in [5.74, 6) is 0.469. The van der Waals surface area contributed by atoms with Gasteiger partial charge in [-0.3, -0.25) is 4.79 Å². The van der Waals surface area contributed by atoms with E-state index in [-0.39, 0.29) is 11.9 Å². The first-order chi connectivity index (χ1) is 7.65. The maximum atomic E-state index is 11.6. The van der Waals surface area contributed by atoms with E-state index >= 15 is 0 Å². The Morgan fingerprint density at radius 1 is 1.38 bits per heavy atom. The summed E-state index contributed by atoms with van der Waals surface area (Å²) in [6.45, 7) is 3.84. The second kappa shape index (κ2) is 4.47.